The fourth-order valence-corrected chi connectivity index (χ4v) is 2.68. The van der Waals surface area contributed by atoms with E-state index >= 15 is 0 Å². The van der Waals surface area contributed by atoms with E-state index in [0.29, 0.717) is 19.4 Å². The minimum absolute atomic E-state index is 0.000813. The molecule has 23 heavy (non-hydrogen) atoms. The molecule has 2 N–H and O–H groups in total. The third kappa shape index (κ3) is 6.28. The molecule has 0 bridgehead atoms. The van der Waals surface area contributed by atoms with Crippen LogP contribution in [0.2, 0.25) is 0 Å². The molecule has 1 saturated heterocycles. The number of benzene rings is 1. The van der Waals surface area contributed by atoms with Gasteiger partial charge in [-0.05, 0) is 18.6 Å². The van der Waals surface area contributed by atoms with E-state index in [4.69, 9.17) is 5.11 Å². The van der Waals surface area contributed by atoms with E-state index in [0.717, 1.165) is 32.7 Å². The molecule has 6 heteroatoms. The van der Waals surface area contributed by atoms with Crippen molar-refractivity contribution in [3.05, 3.63) is 30.3 Å². The van der Waals surface area contributed by atoms with Gasteiger partial charge in [-0.2, -0.15) is 0 Å². The summed E-state index contributed by atoms with van der Waals surface area (Å²) in [5, 5.41) is 11.3. The van der Waals surface area contributed by atoms with Gasteiger partial charge in [0.15, 0.2) is 0 Å². The molecular weight excluding hydrogens is 294 g/mol. The number of hydrogen-bond donors (Lipinski definition) is 2. The zero-order valence-corrected chi connectivity index (χ0v) is 13.4. The maximum atomic E-state index is 11.7. The summed E-state index contributed by atoms with van der Waals surface area (Å²) in [6.07, 6.45) is 1.05. The second-order valence-electron chi connectivity index (χ2n) is 5.76. The molecule has 1 fully saturated rings. The van der Waals surface area contributed by atoms with Gasteiger partial charge in [0.25, 0.3) is 0 Å². The molecule has 0 saturated carbocycles. The van der Waals surface area contributed by atoms with E-state index in [-0.39, 0.29) is 12.3 Å². The molecule has 0 spiro atoms. The zero-order valence-electron chi connectivity index (χ0n) is 13.4. The number of nitrogens with zero attached hydrogens (tertiary/aromatic N) is 2. The van der Waals surface area contributed by atoms with Gasteiger partial charge < -0.3 is 15.3 Å². The lowest BCUT2D eigenvalue weighted by Crippen LogP contribution is -2.47. The highest BCUT2D eigenvalue weighted by Gasteiger charge is 2.17. The van der Waals surface area contributed by atoms with Crippen molar-refractivity contribution in [1.82, 2.24) is 10.2 Å². The van der Waals surface area contributed by atoms with Crippen molar-refractivity contribution >= 4 is 17.6 Å². The summed E-state index contributed by atoms with van der Waals surface area (Å²) in [7, 11) is 0. The number of rotatable bonds is 8. The Labute approximate surface area is 137 Å². The Morgan fingerprint density at radius 3 is 2.39 bits per heavy atom. The first-order valence-electron chi connectivity index (χ1n) is 8.16. The quantitative estimate of drug-likeness (QED) is 0.704. The molecule has 0 aliphatic carbocycles. The van der Waals surface area contributed by atoms with Crippen LogP contribution in [-0.4, -0.2) is 61.2 Å². The van der Waals surface area contributed by atoms with Crippen LogP contribution >= 0.6 is 0 Å². The highest BCUT2D eigenvalue weighted by Crippen LogP contribution is 2.15. The molecule has 2 rings (SSSR count). The van der Waals surface area contributed by atoms with Crippen LogP contribution in [0.1, 0.15) is 19.3 Å². The second-order valence-corrected chi connectivity index (χ2v) is 5.76. The topological polar surface area (TPSA) is 72.9 Å². The number of para-hydroxylation sites is 1. The zero-order chi connectivity index (χ0) is 16.5. The van der Waals surface area contributed by atoms with Crippen LogP contribution < -0.4 is 10.2 Å². The predicted octanol–water partition coefficient (Wildman–Crippen LogP) is 1.18. The minimum Gasteiger partial charge on any atom is -0.481 e. The van der Waals surface area contributed by atoms with Crippen LogP contribution in [0.15, 0.2) is 30.3 Å². The van der Waals surface area contributed by atoms with E-state index in [1.165, 1.54) is 5.69 Å². The SMILES string of the molecule is O=C(O)CCCNC(=O)CCN1CCN(c2ccccc2)CC1. The van der Waals surface area contributed by atoms with Gasteiger partial charge in [0.05, 0.1) is 0 Å². The first-order valence-corrected chi connectivity index (χ1v) is 8.16. The number of carboxylic acids is 1. The van der Waals surface area contributed by atoms with Crippen molar-refractivity contribution < 1.29 is 14.7 Å². The van der Waals surface area contributed by atoms with Gasteiger partial charge in [0.1, 0.15) is 0 Å². The Hall–Kier alpha value is -2.08. The number of carboxylic acid groups (broad SMARTS) is 1. The van der Waals surface area contributed by atoms with E-state index in [9.17, 15) is 9.59 Å². The predicted molar refractivity (Wildman–Crippen MR) is 89.6 cm³/mol. The first-order chi connectivity index (χ1) is 11.1. The average Bonchev–Trinajstić information content (AvgIpc) is 2.58. The number of nitrogens with one attached hydrogen (secondary N) is 1. The number of carbonyl (C=O) groups excluding carboxylic acids is 1. The standard InChI is InChI=1S/C17H25N3O3/c21-16(18-9-4-7-17(22)23)8-10-19-11-13-20(14-12-19)15-5-2-1-3-6-15/h1-3,5-6H,4,7-14H2,(H,18,21)(H,22,23). The lowest BCUT2D eigenvalue weighted by Gasteiger charge is -2.36. The van der Waals surface area contributed by atoms with Crippen LogP contribution in [0.3, 0.4) is 0 Å². The van der Waals surface area contributed by atoms with Crippen molar-refractivity contribution in [3.8, 4) is 0 Å². The molecule has 1 aromatic carbocycles. The van der Waals surface area contributed by atoms with Gasteiger partial charge in [-0.25, -0.2) is 0 Å². The molecule has 0 radical (unpaired) electrons. The summed E-state index contributed by atoms with van der Waals surface area (Å²) in [6.45, 7) is 5.07. The Kier molecular flexibility index (Phi) is 6.87. The lowest BCUT2D eigenvalue weighted by atomic mass is 10.2. The van der Waals surface area contributed by atoms with Crippen molar-refractivity contribution in [2.45, 2.75) is 19.3 Å². The summed E-state index contributed by atoms with van der Waals surface area (Å²) in [5.74, 6) is -0.823. The molecule has 1 aliphatic heterocycles. The molecule has 6 nitrogen and oxygen atoms in total. The van der Waals surface area contributed by atoms with Gasteiger partial charge in [0.2, 0.25) is 5.91 Å². The maximum Gasteiger partial charge on any atom is 0.303 e. The Morgan fingerprint density at radius 1 is 1.04 bits per heavy atom. The largest absolute Gasteiger partial charge is 0.481 e. The average molecular weight is 319 g/mol. The fourth-order valence-electron chi connectivity index (χ4n) is 2.68. The van der Waals surface area contributed by atoms with E-state index in [1.54, 1.807) is 0 Å². The molecule has 126 valence electrons. The number of amides is 1. The van der Waals surface area contributed by atoms with Gasteiger partial charge in [-0.1, -0.05) is 18.2 Å². The summed E-state index contributed by atoms with van der Waals surface area (Å²) in [4.78, 5) is 26.8. The Morgan fingerprint density at radius 2 is 1.74 bits per heavy atom. The normalized spacial score (nSPS) is 15.4. The molecule has 0 unspecified atom stereocenters. The fraction of sp³-hybridized carbons (Fsp3) is 0.529. The van der Waals surface area contributed by atoms with Gasteiger partial charge in [-0.15, -0.1) is 0 Å². The Balaban J connectivity index is 1.59. The van der Waals surface area contributed by atoms with Crippen LogP contribution in [-0.2, 0) is 9.59 Å². The highest BCUT2D eigenvalue weighted by molar-refractivity contribution is 5.76. The summed E-state index contributed by atoms with van der Waals surface area (Å²) in [5.41, 5.74) is 1.25. The summed E-state index contributed by atoms with van der Waals surface area (Å²) >= 11 is 0. The highest BCUT2D eigenvalue weighted by atomic mass is 16.4. The van der Waals surface area contributed by atoms with Gasteiger partial charge in [0, 0.05) is 57.8 Å². The molecular formula is C17H25N3O3. The third-order valence-corrected chi connectivity index (χ3v) is 4.04. The van der Waals surface area contributed by atoms with E-state index < -0.39 is 5.97 Å². The van der Waals surface area contributed by atoms with Gasteiger partial charge >= 0.3 is 5.97 Å². The van der Waals surface area contributed by atoms with Gasteiger partial charge in [-0.3, -0.25) is 14.5 Å². The molecule has 1 aromatic rings. The monoisotopic (exact) mass is 319 g/mol. The van der Waals surface area contributed by atoms with Crippen LogP contribution in [0.5, 0.6) is 0 Å². The van der Waals surface area contributed by atoms with Crippen molar-refractivity contribution in [1.29, 1.82) is 0 Å². The number of hydrogen-bond acceptors (Lipinski definition) is 4. The first kappa shape index (κ1) is 17.3. The molecule has 0 atom stereocenters. The number of aliphatic carboxylic acids is 1. The molecule has 1 amide bonds. The number of carbonyl (C=O) groups is 2. The summed E-state index contributed by atoms with van der Waals surface area (Å²) in [6, 6.07) is 10.4. The second kappa shape index (κ2) is 9.15. The van der Waals surface area contributed by atoms with Crippen molar-refractivity contribution in [2.24, 2.45) is 0 Å². The Bertz CT molecular complexity index is 499. The van der Waals surface area contributed by atoms with Crippen LogP contribution in [0.4, 0.5) is 5.69 Å². The smallest absolute Gasteiger partial charge is 0.303 e. The molecule has 0 aromatic heterocycles. The molecule has 1 aliphatic rings. The number of piperazine rings is 1. The number of anilines is 1. The van der Waals surface area contributed by atoms with E-state index in [2.05, 4.69) is 39.4 Å². The van der Waals surface area contributed by atoms with Crippen molar-refractivity contribution in [3.63, 3.8) is 0 Å². The van der Waals surface area contributed by atoms with Crippen LogP contribution in [0, 0.1) is 0 Å². The summed E-state index contributed by atoms with van der Waals surface area (Å²) < 4.78 is 0. The lowest BCUT2D eigenvalue weighted by molar-refractivity contribution is -0.137. The maximum absolute atomic E-state index is 11.7. The van der Waals surface area contributed by atoms with E-state index in [1.807, 2.05) is 6.07 Å². The van der Waals surface area contributed by atoms with Crippen LogP contribution in [0.25, 0.3) is 0 Å². The van der Waals surface area contributed by atoms with Crippen molar-refractivity contribution in [2.75, 3.05) is 44.2 Å². The molecule has 1 heterocycles. The third-order valence-electron chi connectivity index (χ3n) is 4.04. The minimum atomic E-state index is -0.824.